The minimum absolute atomic E-state index is 0.338. The van der Waals surface area contributed by atoms with Crippen molar-refractivity contribution >= 4 is 21.6 Å². The molecule has 124 valence electrons. The molecular formula is C15H24N2O4S. The second-order valence-electron chi connectivity index (χ2n) is 5.29. The SMILES string of the molecule is COCCNC(=O)[C@@H](C)N(c1ccc(C)c(C)c1)S(C)(=O)=O. The fraction of sp³-hybridized carbons (Fsp3) is 0.533. The van der Waals surface area contributed by atoms with Gasteiger partial charge in [0.15, 0.2) is 0 Å². The molecule has 0 aliphatic heterocycles. The quantitative estimate of drug-likeness (QED) is 0.764. The maximum absolute atomic E-state index is 12.2. The number of hydrogen-bond donors (Lipinski definition) is 1. The zero-order chi connectivity index (χ0) is 16.9. The van der Waals surface area contributed by atoms with Gasteiger partial charge in [0, 0.05) is 13.7 Å². The van der Waals surface area contributed by atoms with E-state index >= 15 is 0 Å². The van der Waals surface area contributed by atoms with Crippen molar-refractivity contribution in [2.45, 2.75) is 26.8 Å². The van der Waals surface area contributed by atoms with Gasteiger partial charge in [0.1, 0.15) is 6.04 Å². The molecule has 0 heterocycles. The number of methoxy groups -OCH3 is 1. The van der Waals surface area contributed by atoms with Crippen LogP contribution < -0.4 is 9.62 Å². The molecule has 0 bridgehead atoms. The number of rotatable bonds is 7. The van der Waals surface area contributed by atoms with Gasteiger partial charge in [0.25, 0.3) is 0 Å². The van der Waals surface area contributed by atoms with Crippen LogP contribution in [0.1, 0.15) is 18.1 Å². The summed E-state index contributed by atoms with van der Waals surface area (Å²) >= 11 is 0. The summed E-state index contributed by atoms with van der Waals surface area (Å²) in [5.74, 6) is -0.360. The molecule has 1 aromatic rings. The number of hydrogen-bond acceptors (Lipinski definition) is 4. The number of amides is 1. The van der Waals surface area contributed by atoms with Crippen LogP contribution in [0.25, 0.3) is 0 Å². The molecule has 0 fully saturated rings. The summed E-state index contributed by atoms with van der Waals surface area (Å²) in [4.78, 5) is 12.2. The molecule has 0 aliphatic carbocycles. The number of nitrogens with one attached hydrogen (secondary N) is 1. The summed E-state index contributed by atoms with van der Waals surface area (Å²) in [5, 5.41) is 2.66. The van der Waals surface area contributed by atoms with Crippen molar-refractivity contribution in [2.75, 3.05) is 30.8 Å². The molecule has 1 amide bonds. The van der Waals surface area contributed by atoms with Gasteiger partial charge >= 0.3 is 0 Å². The molecule has 7 heteroatoms. The third-order valence-electron chi connectivity index (χ3n) is 3.44. The zero-order valence-corrected chi connectivity index (χ0v) is 14.5. The lowest BCUT2D eigenvalue weighted by atomic mass is 10.1. The van der Waals surface area contributed by atoms with Crippen LogP contribution in [0.4, 0.5) is 5.69 Å². The van der Waals surface area contributed by atoms with Crippen LogP contribution in [-0.2, 0) is 19.6 Å². The zero-order valence-electron chi connectivity index (χ0n) is 13.7. The molecule has 0 aliphatic rings. The van der Waals surface area contributed by atoms with Gasteiger partial charge in [-0.15, -0.1) is 0 Å². The minimum Gasteiger partial charge on any atom is -0.383 e. The molecule has 1 aromatic carbocycles. The van der Waals surface area contributed by atoms with Crippen molar-refractivity contribution in [3.05, 3.63) is 29.3 Å². The van der Waals surface area contributed by atoms with Gasteiger partial charge in [-0.1, -0.05) is 6.07 Å². The number of aryl methyl sites for hydroxylation is 2. The summed E-state index contributed by atoms with van der Waals surface area (Å²) in [6, 6.07) is 4.49. The van der Waals surface area contributed by atoms with Crippen LogP contribution in [-0.4, -0.2) is 46.9 Å². The molecule has 22 heavy (non-hydrogen) atoms. The van der Waals surface area contributed by atoms with E-state index in [9.17, 15) is 13.2 Å². The Kier molecular flexibility index (Phi) is 6.37. The lowest BCUT2D eigenvalue weighted by molar-refractivity contribution is -0.122. The average Bonchev–Trinajstić information content (AvgIpc) is 2.41. The van der Waals surface area contributed by atoms with Gasteiger partial charge in [-0.2, -0.15) is 0 Å². The number of sulfonamides is 1. The summed E-state index contributed by atoms with van der Waals surface area (Å²) in [5.41, 5.74) is 2.52. The first-order valence-corrected chi connectivity index (χ1v) is 8.86. The Morgan fingerprint density at radius 3 is 2.45 bits per heavy atom. The van der Waals surface area contributed by atoms with E-state index in [0.717, 1.165) is 21.7 Å². The second kappa shape index (κ2) is 7.60. The van der Waals surface area contributed by atoms with Crippen molar-refractivity contribution in [3.8, 4) is 0 Å². The van der Waals surface area contributed by atoms with Crippen molar-refractivity contribution in [1.29, 1.82) is 0 Å². The Morgan fingerprint density at radius 1 is 1.32 bits per heavy atom. The van der Waals surface area contributed by atoms with E-state index in [0.29, 0.717) is 18.8 Å². The highest BCUT2D eigenvalue weighted by atomic mass is 32.2. The fourth-order valence-corrected chi connectivity index (χ4v) is 3.26. The van der Waals surface area contributed by atoms with Crippen LogP contribution in [0.2, 0.25) is 0 Å². The van der Waals surface area contributed by atoms with E-state index < -0.39 is 16.1 Å². The summed E-state index contributed by atoms with van der Waals surface area (Å²) in [6.45, 7) is 6.14. The van der Waals surface area contributed by atoms with Crippen molar-refractivity contribution in [2.24, 2.45) is 0 Å². The van der Waals surface area contributed by atoms with Crippen LogP contribution in [0.15, 0.2) is 18.2 Å². The molecule has 0 aromatic heterocycles. The predicted molar refractivity (Wildman–Crippen MR) is 87.6 cm³/mol. The normalized spacial score (nSPS) is 12.8. The topological polar surface area (TPSA) is 75.7 Å². The van der Waals surface area contributed by atoms with Gasteiger partial charge < -0.3 is 10.1 Å². The first-order valence-electron chi connectivity index (χ1n) is 7.01. The van der Waals surface area contributed by atoms with E-state index in [1.54, 1.807) is 19.1 Å². The van der Waals surface area contributed by atoms with Crippen LogP contribution in [0.3, 0.4) is 0 Å². The molecule has 6 nitrogen and oxygen atoms in total. The monoisotopic (exact) mass is 328 g/mol. The molecule has 0 spiro atoms. The second-order valence-corrected chi connectivity index (χ2v) is 7.15. The Labute approximate surface area is 132 Å². The number of carbonyl (C=O) groups excluding carboxylic acids is 1. The van der Waals surface area contributed by atoms with Gasteiger partial charge in [0.05, 0.1) is 18.6 Å². The highest BCUT2D eigenvalue weighted by molar-refractivity contribution is 7.92. The Balaban J connectivity index is 3.08. The molecule has 0 saturated heterocycles. The number of ether oxygens (including phenoxy) is 1. The van der Waals surface area contributed by atoms with Crippen molar-refractivity contribution in [1.82, 2.24) is 5.32 Å². The number of benzene rings is 1. The van der Waals surface area contributed by atoms with E-state index in [1.165, 1.54) is 7.11 Å². The van der Waals surface area contributed by atoms with Crippen LogP contribution >= 0.6 is 0 Å². The maximum Gasteiger partial charge on any atom is 0.243 e. The summed E-state index contributed by atoms with van der Waals surface area (Å²) < 4.78 is 30.3. The van der Waals surface area contributed by atoms with E-state index in [4.69, 9.17) is 4.74 Å². The van der Waals surface area contributed by atoms with E-state index in [2.05, 4.69) is 5.32 Å². The number of nitrogens with zero attached hydrogens (tertiary/aromatic N) is 1. The van der Waals surface area contributed by atoms with Crippen molar-refractivity contribution < 1.29 is 17.9 Å². The predicted octanol–water partition coefficient (Wildman–Crippen LogP) is 1.22. The van der Waals surface area contributed by atoms with Gasteiger partial charge in [-0.25, -0.2) is 8.42 Å². The molecule has 1 atom stereocenters. The average molecular weight is 328 g/mol. The standard InChI is InChI=1S/C15H24N2O4S/c1-11-6-7-14(10-12(11)2)17(22(5,19)20)13(3)15(18)16-8-9-21-4/h6-7,10,13H,8-9H2,1-5H3,(H,16,18)/t13-/m1/s1. The Hall–Kier alpha value is -1.60. The van der Waals surface area contributed by atoms with E-state index in [-0.39, 0.29) is 5.91 Å². The Bertz CT molecular complexity index is 628. The molecule has 0 radical (unpaired) electrons. The first-order chi connectivity index (χ1) is 10.2. The summed E-state index contributed by atoms with van der Waals surface area (Å²) in [6.07, 6.45) is 1.10. The molecule has 1 N–H and O–H groups in total. The third-order valence-corrected chi connectivity index (χ3v) is 4.68. The van der Waals surface area contributed by atoms with Gasteiger partial charge in [-0.05, 0) is 44.0 Å². The smallest absolute Gasteiger partial charge is 0.243 e. The maximum atomic E-state index is 12.2. The molecule has 1 rings (SSSR count). The van der Waals surface area contributed by atoms with E-state index in [1.807, 2.05) is 19.9 Å². The molecule has 0 saturated carbocycles. The molecule has 0 unspecified atom stereocenters. The highest BCUT2D eigenvalue weighted by Crippen LogP contribution is 2.23. The third kappa shape index (κ3) is 4.71. The fourth-order valence-electron chi connectivity index (χ4n) is 2.10. The summed E-state index contributed by atoms with van der Waals surface area (Å²) in [7, 11) is -2.05. The molecular weight excluding hydrogens is 304 g/mol. The lowest BCUT2D eigenvalue weighted by Crippen LogP contribution is -2.48. The van der Waals surface area contributed by atoms with Crippen molar-refractivity contribution in [3.63, 3.8) is 0 Å². The number of carbonyl (C=O) groups is 1. The first kappa shape index (κ1) is 18.4. The largest absolute Gasteiger partial charge is 0.383 e. The van der Waals surface area contributed by atoms with Gasteiger partial charge in [-0.3, -0.25) is 9.10 Å². The van der Waals surface area contributed by atoms with Gasteiger partial charge in [0.2, 0.25) is 15.9 Å². The highest BCUT2D eigenvalue weighted by Gasteiger charge is 2.29. The minimum atomic E-state index is -3.58. The lowest BCUT2D eigenvalue weighted by Gasteiger charge is -2.28. The Morgan fingerprint density at radius 2 is 1.95 bits per heavy atom. The van der Waals surface area contributed by atoms with Crippen LogP contribution in [0.5, 0.6) is 0 Å². The van der Waals surface area contributed by atoms with Crippen LogP contribution in [0, 0.1) is 13.8 Å². The number of anilines is 1.